The molecule has 1 unspecified atom stereocenters. The molecule has 1 aliphatic heterocycles. The number of piperidine rings is 1. The molecule has 0 spiro atoms. The summed E-state index contributed by atoms with van der Waals surface area (Å²) in [5.41, 5.74) is 1.63. The number of hydrogen-bond acceptors (Lipinski definition) is 4. The Morgan fingerprint density at radius 3 is 2.38 bits per heavy atom. The SMILES string of the molecule is Cc1ccc(C(=O)NC(C(=O)N2CCC(C(=O)NCCc3cccs3)CC2)C(C)C)cc1. The summed E-state index contributed by atoms with van der Waals surface area (Å²) in [5.74, 6) is -0.340. The quantitative estimate of drug-likeness (QED) is 0.640. The predicted molar refractivity (Wildman–Crippen MR) is 128 cm³/mol. The zero-order valence-corrected chi connectivity index (χ0v) is 19.9. The molecule has 1 saturated heterocycles. The van der Waals surface area contributed by atoms with Crippen LogP contribution in [0.25, 0.3) is 0 Å². The van der Waals surface area contributed by atoms with Crippen LogP contribution in [0, 0.1) is 18.8 Å². The summed E-state index contributed by atoms with van der Waals surface area (Å²) in [4.78, 5) is 41.4. The monoisotopic (exact) mass is 455 g/mol. The highest BCUT2D eigenvalue weighted by Crippen LogP contribution is 2.20. The van der Waals surface area contributed by atoms with Gasteiger partial charge in [-0.15, -0.1) is 11.3 Å². The van der Waals surface area contributed by atoms with Crippen LogP contribution in [0.3, 0.4) is 0 Å². The molecule has 1 aromatic heterocycles. The van der Waals surface area contributed by atoms with Gasteiger partial charge in [0, 0.05) is 36.0 Å². The smallest absolute Gasteiger partial charge is 0.251 e. The van der Waals surface area contributed by atoms with E-state index in [1.54, 1.807) is 28.4 Å². The molecule has 0 saturated carbocycles. The van der Waals surface area contributed by atoms with Crippen LogP contribution in [-0.2, 0) is 16.0 Å². The molecule has 1 atom stereocenters. The van der Waals surface area contributed by atoms with Crippen molar-refractivity contribution >= 4 is 29.1 Å². The van der Waals surface area contributed by atoms with Crippen molar-refractivity contribution in [2.45, 2.75) is 46.1 Å². The number of rotatable bonds is 8. The highest BCUT2D eigenvalue weighted by molar-refractivity contribution is 7.09. The van der Waals surface area contributed by atoms with Crippen LogP contribution in [0.15, 0.2) is 41.8 Å². The molecular formula is C25H33N3O3S. The van der Waals surface area contributed by atoms with Crippen molar-refractivity contribution in [2.75, 3.05) is 19.6 Å². The van der Waals surface area contributed by atoms with Gasteiger partial charge in [0.1, 0.15) is 6.04 Å². The van der Waals surface area contributed by atoms with Crippen molar-refractivity contribution in [3.05, 3.63) is 57.8 Å². The predicted octanol–water partition coefficient (Wildman–Crippen LogP) is 3.41. The van der Waals surface area contributed by atoms with E-state index in [-0.39, 0.29) is 29.6 Å². The maximum atomic E-state index is 13.2. The van der Waals surface area contributed by atoms with Crippen molar-refractivity contribution in [1.82, 2.24) is 15.5 Å². The molecule has 3 amide bonds. The molecule has 32 heavy (non-hydrogen) atoms. The first-order chi connectivity index (χ1) is 15.3. The molecule has 2 heterocycles. The second-order valence-electron chi connectivity index (χ2n) is 8.78. The van der Waals surface area contributed by atoms with E-state index in [9.17, 15) is 14.4 Å². The number of amides is 3. The summed E-state index contributed by atoms with van der Waals surface area (Å²) in [7, 11) is 0. The standard InChI is InChI=1S/C25H33N3O3S/c1-17(2)22(27-24(30)19-8-6-18(3)7-9-19)25(31)28-14-11-20(12-15-28)23(29)26-13-10-21-5-4-16-32-21/h4-9,16-17,20,22H,10-15H2,1-3H3,(H,26,29)(H,27,30). The van der Waals surface area contributed by atoms with E-state index in [4.69, 9.17) is 0 Å². The van der Waals surface area contributed by atoms with E-state index in [1.165, 1.54) is 4.88 Å². The number of benzene rings is 1. The molecular weight excluding hydrogens is 422 g/mol. The summed E-state index contributed by atoms with van der Waals surface area (Å²) in [6.45, 7) is 7.54. The highest BCUT2D eigenvalue weighted by atomic mass is 32.1. The molecule has 172 valence electrons. The zero-order valence-electron chi connectivity index (χ0n) is 19.1. The fourth-order valence-corrected chi connectivity index (χ4v) is 4.62. The van der Waals surface area contributed by atoms with Gasteiger partial charge >= 0.3 is 0 Å². The van der Waals surface area contributed by atoms with Gasteiger partial charge in [0.05, 0.1) is 0 Å². The van der Waals surface area contributed by atoms with Crippen LogP contribution in [0.1, 0.15) is 47.5 Å². The first kappa shape index (κ1) is 24.0. The Balaban J connectivity index is 1.49. The van der Waals surface area contributed by atoms with Gasteiger partial charge in [0.15, 0.2) is 0 Å². The van der Waals surface area contributed by atoms with Gasteiger partial charge in [-0.25, -0.2) is 0 Å². The normalized spacial score (nSPS) is 15.4. The average molecular weight is 456 g/mol. The number of carbonyl (C=O) groups excluding carboxylic acids is 3. The van der Waals surface area contributed by atoms with Crippen molar-refractivity contribution in [3.63, 3.8) is 0 Å². The number of nitrogens with one attached hydrogen (secondary N) is 2. The van der Waals surface area contributed by atoms with Crippen LogP contribution in [0.5, 0.6) is 0 Å². The lowest BCUT2D eigenvalue weighted by Crippen LogP contribution is -2.53. The van der Waals surface area contributed by atoms with Gasteiger partial charge < -0.3 is 15.5 Å². The molecule has 0 radical (unpaired) electrons. The van der Waals surface area contributed by atoms with E-state index >= 15 is 0 Å². The summed E-state index contributed by atoms with van der Waals surface area (Å²) in [6.07, 6.45) is 2.14. The fraction of sp³-hybridized carbons (Fsp3) is 0.480. The first-order valence-electron chi connectivity index (χ1n) is 11.3. The lowest BCUT2D eigenvalue weighted by atomic mass is 9.94. The van der Waals surface area contributed by atoms with Gasteiger partial charge in [-0.3, -0.25) is 14.4 Å². The van der Waals surface area contributed by atoms with Crippen molar-refractivity contribution < 1.29 is 14.4 Å². The second kappa shape index (κ2) is 11.3. The Morgan fingerprint density at radius 2 is 1.78 bits per heavy atom. The highest BCUT2D eigenvalue weighted by Gasteiger charge is 2.33. The van der Waals surface area contributed by atoms with E-state index < -0.39 is 6.04 Å². The lowest BCUT2D eigenvalue weighted by molar-refractivity contribution is -0.138. The van der Waals surface area contributed by atoms with Gasteiger partial charge in [-0.05, 0) is 55.7 Å². The van der Waals surface area contributed by atoms with E-state index in [2.05, 4.69) is 16.7 Å². The molecule has 7 heteroatoms. The molecule has 1 aliphatic rings. The Bertz CT molecular complexity index is 901. The number of hydrogen-bond donors (Lipinski definition) is 2. The van der Waals surface area contributed by atoms with E-state index in [0.29, 0.717) is 38.0 Å². The summed E-state index contributed by atoms with van der Waals surface area (Å²) in [6, 6.07) is 10.8. The van der Waals surface area contributed by atoms with Crippen molar-refractivity contribution in [2.24, 2.45) is 11.8 Å². The second-order valence-corrected chi connectivity index (χ2v) is 9.81. The zero-order chi connectivity index (χ0) is 23.1. The number of likely N-dealkylation sites (tertiary alicyclic amines) is 1. The van der Waals surface area contributed by atoms with Crippen LogP contribution in [-0.4, -0.2) is 48.3 Å². The minimum atomic E-state index is -0.583. The maximum Gasteiger partial charge on any atom is 0.251 e. The van der Waals surface area contributed by atoms with E-state index in [0.717, 1.165) is 12.0 Å². The molecule has 2 N–H and O–H groups in total. The van der Waals surface area contributed by atoms with Gasteiger partial charge in [-0.1, -0.05) is 37.6 Å². The third-order valence-corrected chi connectivity index (χ3v) is 6.90. The van der Waals surface area contributed by atoms with Crippen LogP contribution >= 0.6 is 11.3 Å². The van der Waals surface area contributed by atoms with Crippen molar-refractivity contribution in [3.8, 4) is 0 Å². The van der Waals surface area contributed by atoms with Gasteiger partial charge in [-0.2, -0.15) is 0 Å². The molecule has 3 rings (SSSR count). The summed E-state index contributed by atoms with van der Waals surface area (Å²) in [5, 5.41) is 7.99. The molecule has 2 aromatic rings. The Kier molecular flexibility index (Phi) is 8.45. The van der Waals surface area contributed by atoms with Crippen LogP contribution in [0.2, 0.25) is 0 Å². The summed E-state index contributed by atoms with van der Waals surface area (Å²) < 4.78 is 0. The van der Waals surface area contributed by atoms with E-state index in [1.807, 2.05) is 44.4 Å². The number of nitrogens with zero attached hydrogens (tertiary/aromatic N) is 1. The third kappa shape index (κ3) is 6.42. The fourth-order valence-electron chi connectivity index (χ4n) is 3.91. The maximum absolute atomic E-state index is 13.2. The summed E-state index contributed by atoms with van der Waals surface area (Å²) >= 11 is 1.70. The Morgan fingerprint density at radius 1 is 1.09 bits per heavy atom. The molecule has 1 aromatic carbocycles. The largest absolute Gasteiger partial charge is 0.355 e. The third-order valence-electron chi connectivity index (χ3n) is 5.96. The Hall–Kier alpha value is -2.67. The average Bonchev–Trinajstić information content (AvgIpc) is 3.30. The number of carbonyl (C=O) groups is 3. The van der Waals surface area contributed by atoms with Crippen molar-refractivity contribution in [1.29, 1.82) is 0 Å². The topological polar surface area (TPSA) is 78.5 Å². The number of aryl methyl sites for hydroxylation is 1. The molecule has 6 nitrogen and oxygen atoms in total. The van der Waals surface area contributed by atoms with Gasteiger partial charge in [0.2, 0.25) is 11.8 Å². The van der Waals surface area contributed by atoms with Crippen LogP contribution < -0.4 is 10.6 Å². The molecule has 0 bridgehead atoms. The lowest BCUT2D eigenvalue weighted by Gasteiger charge is -2.35. The van der Waals surface area contributed by atoms with Crippen LogP contribution in [0.4, 0.5) is 0 Å². The molecule has 0 aliphatic carbocycles. The Labute approximate surface area is 194 Å². The minimum absolute atomic E-state index is 0.0322. The molecule has 1 fully saturated rings. The minimum Gasteiger partial charge on any atom is -0.355 e. The first-order valence-corrected chi connectivity index (χ1v) is 12.2. The van der Waals surface area contributed by atoms with Gasteiger partial charge in [0.25, 0.3) is 5.91 Å². The number of thiophene rings is 1.